The average molecular weight is 269 g/mol. The van der Waals surface area contributed by atoms with Gasteiger partial charge in [0, 0.05) is 6.42 Å². The van der Waals surface area contributed by atoms with E-state index in [9.17, 15) is 4.79 Å². The highest BCUT2D eigenvalue weighted by atomic mass is 32.2. The number of carboxylic acids is 1. The molecule has 1 aliphatic carbocycles. The number of H-pyrrole nitrogens is 1. The number of nitrogens with one attached hydrogen (secondary N) is 1. The molecule has 0 aromatic carbocycles. The molecule has 1 fully saturated rings. The molecule has 6 heteroatoms. The second-order valence-electron chi connectivity index (χ2n) is 4.81. The molecule has 1 aliphatic rings. The van der Waals surface area contributed by atoms with Crippen LogP contribution in [0.5, 0.6) is 0 Å². The number of rotatable bonds is 5. The topological polar surface area (TPSA) is 78.9 Å². The van der Waals surface area contributed by atoms with Crippen LogP contribution in [-0.4, -0.2) is 32.0 Å². The largest absolute Gasteiger partial charge is 0.481 e. The van der Waals surface area contributed by atoms with Gasteiger partial charge in [-0.25, -0.2) is 4.98 Å². The number of thioether (sulfide) groups is 1. The predicted molar refractivity (Wildman–Crippen MR) is 69.6 cm³/mol. The zero-order chi connectivity index (χ0) is 12.8. The molecule has 18 heavy (non-hydrogen) atoms. The van der Waals surface area contributed by atoms with Gasteiger partial charge < -0.3 is 5.11 Å². The van der Waals surface area contributed by atoms with Gasteiger partial charge >= 0.3 is 5.97 Å². The molecule has 1 heterocycles. The molecule has 0 atom stereocenters. The van der Waals surface area contributed by atoms with Crippen LogP contribution < -0.4 is 0 Å². The monoisotopic (exact) mass is 269 g/mol. The Morgan fingerprint density at radius 3 is 2.72 bits per heavy atom. The number of hydrogen-bond acceptors (Lipinski definition) is 4. The lowest BCUT2D eigenvalue weighted by Gasteiger charge is -2.10. The maximum atomic E-state index is 10.4. The zero-order valence-corrected chi connectivity index (χ0v) is 11.2. The third-order valence-electron chi connectivity index (χ3n) is 3.29. The molecule has 2 rings (SSSR count). The van der Waals surface area contributed by atoms with E-state index < -0.39 is 5.97 Å². The Balaban J connectivity index is 1.83. The molecule has 0 unspecified atom stereocenters. The summed E-state index contributed by atoms with van der Waals surface area (Å²) < 4.78 is 0. The average Bonchev–Trinajstić information content (AvgIpc) is 2.62. The fraction of sp³-hybridized carbons (Fsp3) is 0.750. The number of aromatic nitrogens is 3. The minimum Gasteiger partial charge on any atom is -0.481 e. The van der Waals surface area contributed by atoms with Crippen molar-refractivity contribution in [1.82, 2.24) is 15.2 Å². The maximum Gasteiger partial charge on any atom is 0.313 e. The van der Waals surface area contributed by atoms with E-state index in [1.54, 1.807) is 0 Å². The van der Waals surface area contributed by atoms with Crippen molar-refractivity contribution >= 4 is 17.7 Å². The van der Waals surface area contributed by atoms with E-state index in [1.807, 2.05) is 0 Å². The van der Waals surface area contributed by atoms with E-state index in [0.717, 1.165) is 24.0 Å². The molecule has 0 saturated heterocycles. The standard InChI is InChI=1S/C12H19N3O2S/c16-11(17)8-18-12-13-10(14-15-12)7-9-5-3-1-2-4-6-9/h9H,1-8H2,(H,16,17)(H,13,14,15). The van der Waals surface area contributed by atoms with E-state index in [-0.39, 0.29) is 5.75 Å². The third-order valence-corrected chi connectivity index (χ3v) is 4.12. The van der Waals surface area contributed by atoms with Crippen LogP contribution in [0.2, 0.25) is 0 Å². The van der Waals surface area contributed by atoms with E-state index >= 15 is 0 Å². The molecule has 5 nitrogen and oxygen atoms in total. The molecule has 0 spiro atoms. The Bertz CT molecular complexity index is 386. The first-order valence-electron chi connectivity index (χ1n) is 6.50. The van der Waals surface area contributed by atoms with Crippen LogP contribution in [0.25, 0.3) is 0 Å². The maximum absolute atomic E-state index is 10.4. The van der Waals surface area contributed by atoms with Crippen LogP contribution in [0.1, 0.15) is 44.3 Å². The van der Waals surface area contributed by atoms with Gasteiger partial charge in [-0.05, 0) is 5.92 Å². The summed E-state index contributed by atoms with van der Waals surface area (Å²) in [7, 11) is 0. The summed E-state index contributed by atoms with van der Waals surface area (Å²) in [5.41, 5.74) is 0. The highest BCUT2D eigenvalue weighted by Gasteiger charge is 2.15. The number of nitrogens with zero attached hydrogens (tertiary/aromatic N) is 2. The summed E-state index contributed by atoms with van der Waals surface area (Å²) in [6.07, 6.45) is 8.84. The van der Waals surface area contributed by atoms with Gasteiger partial charge in [-0.1, -0.05) is 50.3 Å². The number of aliphatic carboxylic acids is 1. The first-order valence-corrected chi connectivity index (χ1v) is 7.48. The molecule has 1 aromatic rings. The molecular formula is C12H19N3O2S. The fourth-order valence-corrected chi connectivity index (χ4v) is 2.94. The highest BCUT2D eigenvalue weighted by Crippen LogP contribution is 2.25. The lowest BCUT2D eigenvalue weighted by molar-refractivity contribution is -0.133. The first-order chi connectivity index (χ1) is 8.74. The van der Waals surface area contributed by atoms with Crippen molar-refractivity contribution in [3.05, 3.63) is 5.82 Å². The van der Waals surface area contributed by atoms with Gasteiger partial charge in [-0.2, -0.15) is 0 Å². The lowest BCUT2D eigenvalue weighted by Crippen LogP contribution is -2.04. The van der Waals surface area contributed by atoms with Crippen LogP contribution >= 0.6 is 11.8 Å². The van der Waals surface area contributed by atoms with Crippen LogP contribution in [0.15, 0.2) is 5.16 Å². The number of hydrogen-bond donors (Lipinski definition) is 2. The Labute approximate surface area is 111 Å². The van der Waals surface area contributed by atoms with E-state index in [2.05, 4.69) is 15.2 Å². The Morgan fingerprint density at radius 1 is 1.33 bits per heavy atom. The van der Waals surface area contributed by atoms with E-state index in [4.69, 9.17) is 5.11 Å². The third kappa shape index (κ3) is 4.33. The van der Waals surface area contributed by atoms with Gasteiger partial charge in [0.1, 0.15) is 5.82 Å². The van der Waals surface area contributed by atoms with Crippen molar-refractivity contribution in [2.45, 2.75) is 50.1 Å². The van der Waals surface area contributed by atoms with Crippen molar-refractivity contribution in [2.24, 2.45) is 5.92 Å². The molecule has 2 N–H and O–H groups in total. The van der Waals surface area contributed by atoms with E-state index in [1.165, 1.54) is 38.5 Å². The molecule has 0 bridgehead atoms. The molecule has 1 saturated carbocycles. The quantitative estimate of drug-likeness (QED) is 0.634. The van der Waals surface area contributed by atoms with Gasteiger partial charge in [0.2, 0.25) is 5.16 Å². The van der Waals surface area contributed by atoms with Gasteiger partial charge in [0.25, 0.3) is 0 Å². The van der Waals surface area contributed by atoms with Crippen LogP contribution in [0.3, 0.4) is 0 Å². The highest BCUT2D eigenvalue weighted by molar-refractivity contribution is 7.99. The lowest BCUT2D eigenvalue weighted by atomic mass is 9.96. The van der Waals surface area contributed by atoms with Crippen LogP contribution in [-0.2, 0) is 11.2 Å². The summed E-state index contributed by atoms with van der Waals surface area (Å²) in [5.74, 6) is 0.781. The number of carbonyl (C=O) groups is 1. The second kappa shape index (κ2) is 6.78. The number of carboxylic acid groups (broad SMARTS) is 1. The number of aromatic amines is 1. The minimum atomic E-state index is -0.838. The SMILES string of the molecule is O=C(O)CSc1n[nH]c(CC2CCCCCC2)n1. The summed E-state index contributed by atoms with van der Waals surface area (Å²) in [5, 5.41) is 16.1. The molecule has 100 valence electrons. The van der Waals surface area contributed by atoms with Crippen LogP contribution in [0, 0.1) is 5.92 Å². The van der Waals surface area contributed by atoms with Gasteiger partial charge in [-0.3, -0.25) is 9.89 Å². The fourth-order valence-electron chi connectivity index (χ4n) is 2.40. The summed E-state index contributed by atoms with van der Waals surface area (Å²) in [6, 6.07) is 0. The van der Waals surface area contributed by atoms with Gasteiger partial charge in [0.05, 0.1) is 5.75 Å². The molecule has 1 aromatic heterocycles. The van der Waals surface area contributed by atoms with Crippen LogP contribution in [0.4, 0.5) is 0 Å². The Morgan fingerprint density at radius 2 is 2.06 bits per heavy atom. The summed E-state index contributed by atoms with van der Waals surface area (Å²) in [6.45, 7) is 0. The smallest absolute Gasteiger partial charge is 0.313 e. The first kappa shape index (κ1) is 13.4. The Hall–Kier alpha value is -1.04. The van der Waals surface area contributed by atoms with Crippen molar-refractivity contribution in [2.75, 3.05) is 5.75 Å². The van der Waals surface area contributed by atoms with Crippen molar-refractivity contribution in [3.63, 3.8) is 0 Å². The summed E-state index contributed by atoms with van der Waals surface area (Å²) in [4.78, 5) is 14.8. The van der Waals surface area contributed by atoms with Crippen molar-refractivity contribution in [1.29, 1.82) is 0 Å². The summed E-state index contributed by atoms with van der Waals surface area (Å²) >= 11 is 1.16. The van der Waals surface area contributed by atoms with Crippen molar-refractivity contribution < 1.29 is 9.90 Å². The zero-order valence-electron chi connectivity index (χ0n) is 10.4. The van der Waals surface area contributed by atoms with Gasteiger partial charge in [-0.15, -0.1) is 5.10 Å². The predicted octanol–water partition coefficient (Wildman–Crippen LogP) is 2.49. The minimum absolute atomic E-state index is 0.0146. The normalized spacial score (nSPS) is 17.6. The van der Waals surface area contributed by atoms with Gasteiger partial charge in [0.15, 0.2) is 0 Å². The second-order valence-corrected chi connectivity index (χ2v) is 5.75. The molecular weight excluding hydrogens is 250 g/mol. The Kier molecular flexibility index (Phi) is 5.04. The van der Waals surface area contributed by atoms with E-state index in [0.29, 0.717) is 11.1 Å². The van der Waals surface area contributed by atoms with Crippen molar-refractivity contribution in [3.8, 4) is 0 Å². The molecule has 0 aliphatic heterocycles. The molecule has 0 radical (unpaired) electrons. The molecule has 0 amide bonds.